The molecule has 17 heavy (non-hydrogen) atoms. The Bertz CT molecular complexity index is 447. The molecule has 0 aliphatic carbocycles. The van der Waals surface area contributed by atoms with Crippen molar-refractivity contribution in [2.75, 3.05) is 16.9 Å². The van der Waals surface area contributed by atoms with Crippen LogP contribution in [0.5, 0.6) is 0 Å². The van der Waals surface area contributed by atoms with Crippen LogP contribution in [0.15, 0.2) is 12.1 Å². The van der Waals surface area contributed by atoms with Crippen molar-refractivity contribution in [3.8, 4) is 0 Å². The number of anilines is 1. The number of hydrogen-bond acceptors (Lipinski definition) is 3. The van der Waals surface area contributed by atoms with E-state index in [-0.39, 0.29) is 23.2 Å². The molecule has 0 aromatic heterocycles. The standard InChI is InChI=1S/C11H12F2N2OS/c1-6-2-8(13)9(3-7(6)12)15-11(16)10-4-17-5-14-10/h2-3,10,14H,4-5H2,1H3,(H,15,16). The molecule has 6 heteroatoms. The molecule has 1 unspecified atom stereocenters. The Morgan fingerprint density at radius 2 is 2.24 bits per heavy atom. The molecule has 1 saturated heterocycles. The monoisotopic (exact) mass is 258 g/mol. The summed E-state index contributed by atoms with van der Waals surface area (Å²) in [5.41, 5.74) is 0.104. The molecule has 2 N–H and O–H groups in total. The number of aryl methyl sites for hydroxylation is 1. The van der Waals surface area contributed by atoms with Crippen LogP contribution in [0, 0.1) is 18.6 Å². The van der Waals surface area contributed by atoms with Crippen LogP contribution in [-0.2, 0) is 4.79 Å². The van der Waals surface area contributed by atoms with Gasteiger partial charge in [-0.1, -0.05) is 0 Å². The number of carbonyl (C=O) groups is 1. The van der Waals surface area contributed by atoms with E-state index in [0.717, 1.165) is 12.1 Å². The highest BCUT2D eigenvalue weighted by Gasteiger charge is 2.23. The fourth-order valence-electron chi connectivity index (χ4n) is 1.53. The summed E-state index contributed by atoms with van der Waals surface area (Å²) in [5, 5.41) is 5.35. The SMILES string of the molecule is Cc1cc(F)c(NC(=O)C2CSCN2)cc1F. The summed E-state index contributed by atoms with van der Waals surface area (Å²) in [6, 6.07) is 1.73. The second-order valence-corrected chi connectivity index (χ2v) is 4.87. The number of thioether (sulfide) groups is 1. The first kappa shape index (κ1) is 12.3. The fraction of sp³-hybridized carbons (Fsp3) is 0.364. The zero-order valence-corrected chi connectivity index (χ0v) is 10.0. The average molecular weight is 258 g/mol. The normalized spacial score (nSPS) is 19.4. The lowest BCUT2D eigenvalue weighted by atomic mass is 10.2. The van der Waals surface area contributed by atoms with Crippen molar-refractivity contribution < 1.29 is 13.6 Å². The minimum Gasteiger partial charge on any atom is -0.322 e. The fourth-order valence-corrected chi connectivity index (χ4v) is 2.47. The van der Waals surface area contributed by atoms with Crippen molar-refractivity contribution in [3.05, 3.63) is 29.3 Å². The van der Waals surface area contributed by atoms with Gasteiger partial charge in [-0.2, -0.15) is 0 Å². The smallest absolute Gasteiger partial charge is 0.242 e. The van der Waals surface area contributed by atoms with Gasteiger partial charge >= 0.3 is 0 Å². The number of amides is 1. The number of benzene rings is 1. The van der Waals surface area contributed by atoms with Crippen LogP contribution in [0.1, 0.15) is 5.56 Å². The second-order valence-electron chi connectivity index (χ2n) is 3.84. The lowest BCUT2D eigenvalue weighted by Gasteiger charge is -2.11. The zero-order valence-electron chi connectivity index (χ0n) is 9.22. The van der Waals surface area contributed by atoms with Gasteiger partial charge in [0.15, 0.2) is 0 Å². The first-order valence-corrected chi connectivity index (χ1v) is 6.31. The van der Waals surface area contributed by atoms with Gasteiger partial charge in [-0.25, -0.2) is 8.78 Å². The van der Waals surface area contributed by atoms with Gasteiger partial charge in [-0.05, 0) is 18.6 Å². The van der Waals surface area contributed by atoms with Crippen molar-refractivity contribution in [1.82, 2.24) is 5.32 Å². The third-order valence-electron chi connectivity index (χ3n) is 2.54. The summed E-state index contributed by atoms with van der Waals surface area (Å²) < 4.78 is 26.7. The third kappa shape index (κ3) is 2.76. The number of halogens is 2. The van der Waals surface area contributed by atoms with Crippen LogP contribution in [0.3, 0.4) is 0 Å². The molecule has 0 radical (unpaired) electrons. The molecule has 1 amide bonds. The number of rotatable bonds is 2. The molecule has 1 aromatic carbocycles. The molecule has 1 atom stereocenters. The molecule has 0 bridgehead atoms. The number of carbonyl (C=O) groups excluding carboxylic acids is 1. The molecule has 0 saturated carbocycles. The quantitative estimate of drug-likeness (QED) is 0.851. The van der Waals surface area contributed by atoms with Crippen LogP contribution in [0.4, 0.5) is 14.5 Å². The van der Waals surface area contributed by atoms with Gasteiger partial charge in [-0.15, -0.1) is 11.8 Å². The molecule has 1 aliphatic heterocycles. The lowest BCUT2D eigenvalue weighted by Crippen LogP contribution is -2.37. The van der Waals surface area contributed by atoms with Gasteiger partial charge in [0, 0.05) is 17.7 Å². The molecule has 1 aromatic rings. The minimum atomic E-state index is -0.622. The highest BCUT2D eigenvalue weighted by molar-refractivity contribution is 7.99. The molecule has 0 spiro atoms. The second kappa shape index (κ2) is 5.01. The van der Waals surface area contributed by atoms with Gasteiger partial charge in [0.05, 0.1) is 11.7 Å². The Balaban J connectivity index is 2.12. The molecule has 92 valence electrons. The Kier molecular flexibility index (Phi) is 3.63. The van der Waals surface area contributed by atoms with E-state index in [9.17, 15) is 13.6 Å². The summed E-state index contributed by atoms with van der Waals surface area (Å²) in [4.78, 5) is 11.7. The van der Waals surface area contributed by atoms with E-state index < -0.39 is 11.6 Å². The molecular formula is C11H12F2N2OS. The molecule has 2 rings (SSSR count). The topological polar surface area (TPSA) is 41.1 Å². The van der Waals surface area contributed by atoms with Crippen LogP contribution in [0.25, 0.3) is 0 Å². The van der Waals surface area contributed by atoms with Crippen LogP contribution < -0.4 is 10.6 Å². The van der Waals surface area contributed by atoms with E-state index in [2.05, 4.69) is 10.6 Å². The van der Waals surface area contributed by atoms with Crippen molar-refractivity contribution in [3.63, 3.8) is 0 Å². The predicted octanol–water partition coefficient (Wildman–Crippen LogP) is 1.87. The number of nitrogens with one attached hydrogen (secondary N) is 2. The van der Waals surface area contributed by atoms with Crippen LogP contribution in [-0.4, -0.2) is 23.6 Å². The first-order chi connectivity index (χ1) is 8.08. The summed E-state index contributed by atoms with van der Waals surface area (Å²) in [5.74, 6) is -0.152. The van der Waals surface area contributed by atoms with Crippen LogP contribution >= 0.6 is 11.8 Å². The predicted molar refractivity (Wildman–Crippen MR) is 64.0 cm³/mol. The maximum absolute atomic E-state index is 13.5. The van der Waals surface area contributed by atoms with E-state index in [4.69, 9.17) is 0 Å². The summed E-state index contributed by atoms with van der Waals surface area (Å²) >= 11 is 1.59. The van der Waals surface area contributed by atoms with E-state index in [1.165, 1.54) is 6.92 Å². The maximum atomic E-state index is 13.5. The summed E-state index contributed by atoms with van der Waals surface area (Å²) in [7, 11) is 0. The molecule has 1 heterocycles. The molecule has 1 aliphatic rings. The zero-order chi connectivity index (χ0) is 12.4. The van der Waals surface area contributed by atoms with E-state index in [1.54, 1.807) is 11.8 Å². The van der Waals surface area contributed by atoms with Crippen molar-refractivity contribution >= 4 is 23.4 Å². The average Bonchev–Trinajstić information content (AvgIpc) is 2.79. The Labute approximate surface area is 102 Å². The molecule has 3 nitrogen and oxygen atoms in total. The summed E-state index contributed by atoms with van der Waals surface area (Å²) in [6.45, 7) is 1.47. The first-order valence-electron chi connectivity index (χ1n) is 5.15. The minimum absolute atomic E-state index is 0.114. The highest BCUT2D eigenvalue weighted by Crippen LogP contribution is 2.20. The van der Waals surface area contributed by atoms with Gasteiger partial charge < -0.3 is 5.32 Å². The third-order valence-corrected chi connectivity index (χ3v) is 3.48. The van der Waals surface area contributed by atoms with E-state index in [0.29, 0.717) is 11.6 Å². The van der Waals surface area contributed by atoms with E-state index in [1.807, 2.05) is 0 Å². The Morgan fingerprint density at radius 1 is 1.47 bits per heavy atom. The Morgan fingerprint density at radius 3 is 2.88 bits per heavy atom. The van der Waals surface area contributed by atoms with Crippen molar-refractivity contribution in [1.29, 1.82) is 0 Å². The van der Waals surface area contributed by atoms with Gasteiger partial charge in [0.1, 0.15) is 11.6 Å². The van der Waals surface area contributed by atoms with Gasteiger partial charge in [0.2, 0.25) is 5.91 Å². The van der Waals surface area contributed by atoms with Gasteiger partial charge in [-0.3, -0.25) is 10.1 Å². The van der Waals surface area contributed by atoms with Crippen molar-refractivity contribution in [2.24, 2.45) is 0 Å². The lowest BCUT2D eigenvalue weighted by molar-refractivity contribution is -0.117. The van der Waals surface area contributed by atoms with Gasteiger partial charge in [0.25, 0.3) is 0 Å². The Hall–Kier alpha value is -1.14. The highest BCUT2D eigenvalue weighted by atomic mass is 32.2. The summed E-state index contributed by atoms with van der Waals surface area (Å²) in [6.07, 6.45) is 0. The maximum Gasteiger partial charge on any atom is 0.242 e. The largest absolute Gasteiger partial charge is 0.322 e. The van der Waals surface area contributed by atoms with Crippen molar-refractivity contribution in [2.45, 2.75) is 13.0 Å². The number of hydrogen-bond donors (Lipinski definition) is 2. The molecular weight excluding hydrogens is 246 g/mol. The van der Waals surface area contributed by atoms with Crippen LogP contribution in [0.2, 0.25) is 0 Å². The molecule has 1 fully saturated rings. The van der Waals surface area contributed by atoms with E-state index >= 15 is 0 Å².